The molecular formula is C20H17N5O2S. The summed E-state index contributed by atoms with van der Waals surface area (Å²) < 4.78 is 1.82. The van der Waals surface area contributed by atoms with Crippen LogP contribution in [0.5, 0.6) is 0 Å². The van der Waals surface area contributed by atoms with Crippen LogP contribution in [0.3, 0.4) is 0 Å². The van der Waals surface area contributed by atoms with Crippen LogP contribution in [0.2, 0.25) is 0 Å². The van der Waals surface area contributed by atoms with Gasteiger partial charge in [0.2, 0.25) is 0 Å². The second kappa shape index (κ2) is 7.61. The van der Waals surface area contributed by atoms with Crippen molar-refractivity contribution >= 4 is 17.2 Å². The fraction of sp³-hybridized carbons (Fsp3) is 0.100. The molecule has 3 heterocycles. The molecule has 3 aromatic heterocycles. The maximum Gasteiger partial charge on any atom is 0.274 e. The molecule has 0 radical (unpaired) electrons. The fourth-order valence-electron chi connectivity index (χ4n) is 2.85. The van der Waals surface area contributed by atoms with Gasteiger partial charge in [0.1, 0.15) is 11.4 Å². The van der Waals surface area contributed by atoms with E-state index in [9.17, 15) is 9.59 Å². The topological polar surface area (TPSA) is 83.9 Å². The molecule has 0 aliphatic carbocycles. The number of hydrogen-bond donors (Lipinski definition) is 1. The molecule has 0 spiro atoms. The molecule has 0 aliphatic heterocycles. The Morgan fingerprint density at radius 3 is 2.64 bits per heavy atom. The molecule has 1 amide bonds. The van der Waals surface area contributed by atoms with E-state index in [1.807, 2.05) is 58.7 Å². The quantitative estimate of drug-likeness (QED) is 0.567. The first-order chi connectivity index (χ1) is 13.6. The van der Waals surface area contributed by atoms with Crippen LogP contribution in [0, 0.1) is 0 Å². The first-order valence-electron chi connectivity index (χ1n) is 8.61. The van der Waals surface area contributed by atoms with Gasteiger partial charge in [-0.2, -0.15) is 10.2 Å². The summed E-state index contributed by atoms with van der Waals surface area (Å²) in [6.45, 7) is 0.361. The molecule has 0 unspecified atom stereocenters. The standard InChI is InChI=1S/C20H17N5O2S/c1-24(20(27)16-9-10-18(26)22-21-16)12-14-13-25(15-6-3-2-4-7-15)23-19(14)17-8-5-11-28-17/h2-11,13H,12H2,1H3,(H,22,26). The molecule has 140 valence electrons. The lowest BCUT2D eigenvalue weighted by atomic mass is 10.2. The summed E-state index contributed by atoms with van der Waals surface area (Å²) in [5.74, 6) is -0.277. The number of aromatic nitrogens is 4. The van der Waals surface area contributed by atoms with E-state index in [2.05, 4.69) is 10.2 Å². The summed E-state index contributed by atoms with van der Waals surface area (Å²) in [5.41, 5.74) is 2.56. The number of nitrogens with one attached hydrogen (secondary N) is 1. The van der Waals surface area contributed by atoms with Crippen LogP contribution in [0.15, 0.2) is 71.0 Å². The number of benzene rings is 1. The Kier molecular flexibility index (Phi) is 4.86. The van der Waals surface area contributed by atoms with Gasteiger partial charge in [-0.1, -0.05) is 24.3 Å². The molecule has 0 atom stereocenters. The van der Waals surface area contributed by atoms with E-state index in [1.54, 1.807) is 23.3 Å². The molecule has 28 heavy (non-hydrogen) atoms. The average Bonchev–Trinajstić information content (AvgIpc) is 3.38. The second-order valence-electron chi connectivity index (χ2n) is 6.23. The number of aromatic amines is 1. The molecule has 4 aromatic rings. The number of H-pyrrole nitrogens is 1. The Hall–Kier alpha value is -3.52. The molecule has 0 bridgehead atoms. The van der Waals surface area contributed by atoms with Crippen LogP contribution < -0.4 is 5.56 Å². The van der Waals surface area contributed by atoms with Gasteiger partial charge in [0.25, 0.3) is 11.5 Å². The number of carbonyl (C=O) groups is 1. The molecule has 0 fully saturated rings. The van der Waals surface area contributed by atoms with Gasteiger partial charge in [-0.3, -0.25) is 9.59 Å². The van der Waals surface area contributed by atoms with Gasteiger partial charge in [0.15, 0.2) is 0 Å². The molecule has 0 saturated heterocycles. The molecule has 0 saturated carbocycles. The second-order valence-corrected chi connectivity index (χ2v) is 7.18. The lowest BCUT2D eigenvalue weighted by molar-refractivity contribution is 0.0778. The molecule has 4 rings (SSSR count). The first kappa shape index (κ1) is 17.9. The Morgan fingerprint density at radius 1 is 1.14 bits per heavy atom. The Morgan fingerprint density at radius 2 is 1.96 bits per heavy atom. The maximum atomic E-state index is 12.7. The van der Waals surface area contributed by atoms with E-state index >= 15 is 0 Å². The lowest BCUT2D eigenvalue weighted by Crippen LogP contribution is -2.28. The van der Waals surface area contributed by atoms with Crippen LogP contribution in [-0.2, 0) is 6.54 Å². The summed E-state index contributed by atoms with van der Waals surface area (Å²) in [6.07, 6.45) is 1.94. The van der Waals surface area contributed by atoms with Crippen molar-refractivity contribution in [3.8, 4) is 16.3 Å². The van der Waals surface area contributed by atoms with Gasteiger partial charge in [0.05, 0.1) is 10.6 Å². The fourth-order valence-corrected chi connectivity index (χ4v) is 3.59. The predicted octanol–water partition coefficient (Wildman–Crippen LogP) is 2.96. The normalized spacial score (nSPS) is 10.8. The molecule has 0 aliphatic rings. The molecular weight excluding hydrogens is 374 g/mol. The summed E-state index contributed by atoms with van der Waals surface area (Å²) in [7, 11) is 1.70. The van der Waals surface area contributed by atoms with Crippen molar-refractivity contribution in [3.63, 3.8) is 0 Å². The zero-order chi connectivity index (χ0) is 19.5. The molecule has 7 nitrogen and oxygen atoms in total. The van der Waals surface area contributed by atoms with E-state index in [4.69, 9.17) is 5.10 Å². The third-order valence-electron chi connectivity index (χ3n) is 4.22. The van der Waals surface area contributed by atoms with Gasteiger partial charge in [-0.15, -0.1) is 11.3 Å². The number of thiophene rings is 1. The zero-order valence-corrected chi connectivity index (χ0v) is 15.9. The van der Waals surface area contributed by atoms with Crippen LogP contribution in [-0.4, -0.2) is 37.8 Å². The van der Waals surface area contributed by atoms with Crippen molar-refractivity contribution in [1.29, 1.82) is 0 Å². The summed E-state index contributed by atoms with van der Waals surface area (Å²) in [4.78, 5) is 26.4. The first-order valence-corrected chi connectivity index (χ1v) is 9.49. The van der Waals surface area contributed by atoms with Crippen molar-refractivity contribution in [3.05, 3.63) is 87.8 Å². The van der Waals surface area contributed by atoms with Gasteiger partial charge < -0.3 is 4.90 Å². The van der Waals surface area contributed by atoms with Crippen LogP contribution >= 0.6 is 11.3 Å². The summed E-state index contributed by atoms with van der Waals surface area (Å²) in [6, 6.07) is 16.5. The monoisotopic (exact) mass is 391 g/mol. The van der Waals surface area contributed by atoms with E-state index in [1.165, 1.54) is 12.1 Å². The molecule has 8 heteroatoms. The minimum atomic E-state index is -0.344. The zero-order valence-electron chi connectivity index (χ0n) is 15.1. The minimum Gasteiger partial charge on any atom is -0.336 e. The van der Waals surface area contributed by atoms with Crippen molar-refractivity contribution in [2.24, 2.45) is 0 Å². The van der Waals surface area contributed by atoms with E-state index in [0.717, 1.165) is 21.8 Å². The minimum absolute atomic E-state index is 0.190. The lowest BCUT2D eigenvalue weighted by Gasteiger charge is -2.16. The van der Waals surface area contributed by atoms with Gasteiger partial charge >= 0.3 is 0 Å². The van der Waals surface area contributed by atoms with Gasteiger partial charge in [-0.25, -0.2) is 9.78 Å². The van der Waals surface area contributed by atoms with Crippen molar-refractivity contribution in [2.75, 3.05) is 7.05 Å². The third-order valence-corrected chi connectivity index (χ3v) is 5.09. The Balaban J connectivity index is 1.66. The van der Waals surface area contributed by atoms with Crippen LogP contribution in [0.25, 0.3) is 16.3 Å². The number of rotatable bonds is 5. The van der Waals surface area contributed by atoms with Crippen LogP contribution in [0.1, 0.15) is 16.1 Å². The van der Waals surface area contributed by atoms with E-state index in [0.29, 0.717) is 6.54 Å². The summed E-state index contributed by atoms with van der Waals surface area (Å²) in [5, 5.41) is 12.9. The number of amides is 1. The van der Waals surface area contributed by atoms with Gasteiger partial charge in [0, 0.05) is 31.4 Å². The summed E-state index contributed by atoms with van der Waals surface area (Å²) >= 11 is 1.60. The number of nitrogens with zero attached hydrogens (tertiary/aromatic N) is 4. The maximum absolute atomic E-state index is 12.7. The number of hydrogen-bond acceptors (Lipinski definition) is 5. The van der Waals surface area contributed by atoms with Gasteiger partial charge in [-0.05, 0) is 29.6 Å². The molecule has 1 N–H and O–H groups in total. The highest BCUT2D eigenvalue weighted by Crippen LogP contribution is 2.28. The number of carbonyl (C=O) groups excluding carboxylic acids is 1. The molecule has 1 aromatic carbocycles. The Bertz CT molecular complexity index is 1130. The average molecular weight is 391 g/mol. The SMILES string of the molecule is CN(Cc1cn(-c2ccccc2)nc1-c1cccs1)C(=O)c1ccc(=O)[nH]n1. The van der Waals surface area contributed by atoms with E-state index in [-0.39, 0.29) is 17.2 Å². The van der Waals surface area contributed by atoms with Crippen molar-refractivity contribution < 1.29 is 4.79 Å². The highest BCUT2D eigenvalue weighted by atomic mass is 32.1. The third kappa shape index (κ3) is 3.63. The van der Waals surface area contributed by atoms with Crippen molar-refractivity contribution in [2.45, 2.75) is 6.54 Å². The van der Waals surface area contributed by atoms with Crippen LogP contribution in [0.4, 0.5) is 0 Å². The van der Waals surface area contributed by atoms with E-state index < -0.39 is 0 Å². The highest BCUT2D eigenvalue weighted by Gasteiger charge is 2.19. The predicted molar refractivity (Wildman–Crippen MR) is 108 cm³/mol. The smallest absolute Gasteiger partial charge is 0.274 e. The number of para-hydroxylation sites is 1. The largest absolute Gasteiger partial charge is 0.336 e. The Labute approximate surface area is 164 Å². The highest BCUT2D eigenvalue weighted by molar-refractivity contribution is 7.13. The van der Waals surface area contributed by atoms with Crippen molar-refractivity contribution in [1.82, 2.24) is 24.9 Å².